The molecule has 1 N–H and O–H groups in total. The molecular formula is C26H32FN3O4. The number of rotatable bonds is 10. The molecule has 2 heterocycles. The number of hydrogen-bond acceptors (Lipinski definition) is 6. The summed E-state index contributed by atoms with van der Waals surface area (Å²) in [4.78, 5) is 2.32. The second-order valence-corrected chi connectivity index (χ2v) is 8.68. The van der Waals surface area contributed by atoms with Gasteiger partial charge in [-0.25, -0.2) is 4.39 Å². The van der Waals surface area contributed by atoms with Crippen molar-refractivity contribution in [1.82, 2.24) is 14.7 Å². The van der Waals surface area contributed by atoms with Crippen molar-refractivity contribution in [3.05, 3.63) is 72.3 Å². The highest BCUT2D eigenvalue weighted by Gasteiger charge is 2.31. The molecule has 1 fully saturated rings. The highest BCUT2D eigenvalue weighted by molar-refractivity contribution is 5.43. The van der Waals surface area contributed by atoms with Crippen LogP contribution in [-0.4, -0.2) is 58.8 Å². The molecule has 0 aliphatic carbocycles. The van der Waals surface area contributed by atoms with Crippen molar-refractivity contribution < 1.29 is 23.7 Å². The van der Waals surface area contributed by atoms with Crippen LogP contribution in [0.4, 0.5) is 4.39 Å². The van der Waals surface area contributed by atoms with Gasteiger partial charge in [0.15, 0.2) is 23.1 Å². The van der Waals surface area contributed by atoms with Gasteiger partial charge in [-0.1, -0.05) is 18.2 Å². The number of aliphatic hydroxyl groups is 1. The summed E-state index contributed by atoms with van der Waals surface area (Å²) in [7, 11) is 1.63. The Kier molecular flexibility index (Phi) is 8.03. The normalized spacial score (nSPS) is 18.9. The van der Waals surface area contributed by atoms with E-state index in [1.54, 1.807) is 31.5 Å². The molecule has 1 aliphatic heterocycles. The van der Waals surface area contributed by atoms with E-state index in [-0.39, 0.29) is 12.4 Å². The van der Waals surface area contributed by atoms with Crippen LogP contribution < -0.4 is 14.2 Å². The fourth-order valence-electron chi connectivity index (χ4n) is 4.18. The highest BCUT2D eigenvalue weighted by atomic mass is 19.1. The molecule has 1 atom stereocenters. The summed E-state index contributed by atoms with van der Waals surface area (Å²) in [6.45, 7) is 3.55. The van der Waals surface area contributed by atoms with Gasteiger partial charge in [-0.2, -0.15) is 5.10 Å². The van der Waals surface area contributed by atoms with Crippen molar-refractivity contribution in [3.8, 4) is 17.2 Å². The monoisotopic (exact) mass is 469 g/mol. The second-order valence-electron chi connectivity index (χ2n) is 8.68. The molecule has 1 aromatic heterocycles. The van der Waals surface area contributed by atoms with Gasteiger partial charge in [-0.05, 0) is 61.7 Å². The van der Waals surface area contributed by atoms with Crippen molar-refractivity contribution >= 4 is 0 Å². The zero-order valence-electron chi connectivity index (χ0n) is 19.5. The topological polar surface area (TPSA) is 69.0 Å². The van der Waals surface area contributed by atoms with E-state index < -0.39 is 11.4 Å². The summed E-state index contributed by atoms with van der Waals surface area (Å²) in [5.74, 6) is 1.16. The third-order valence-corrected chi connectivity index (χ3v) is 6.11. The fraction of sp³-hybridized carbons (Fsp3) is 0.423. The van der Waals surface area contributed by atoms with Gasteiger partial charge < -0.3 is 19.3 Å². The Labute approximate surface area is 199 Å². The summed E-state index contributed by atoms with van der Waals surface area (Å²) in [6.07, 6.45) is 5.65. The van der Waals surface area contributed by atoms with E-state index in [9.17, 15) is 9.50 Å². The lowest BCUT2D eigenvalue weighted by Gasteiger charge is -2.27. The minimum Gasteiger partial charge on any atom is -0.493 e. The Morgan fingerprint density at radius 3 is 2.71 bits per heavy atom. The average molecular weight is 470 g/mol. The van der Waals surface area contributed by atoms with Crippen LogP contribution in [0.3, 0.4) is 0 Å². The van der Waals surface area contributed by atoms with E-state index in [1.165, 1.54) is 6.07 Å². The van der Waals surface area contributed by atoms with Crippen LogP contribution in [0.2, 0.25) is 0 Å². The van der Waals surface area contributed by atoms with E-state index >= 15 is 0 Å². The lowest BCUT2D eigenvalue weighted by molar-refractivity contribution is -0.0177. The maximum atomic E-state index is 13.9. The summed E-state index contributed by atoms with van der Waals surface area (Å²) in [5.41, 5.74) is 0.139. The molecule has 1 saturated heterocycles. The number of halogens is 1. The number of aromatic nitrogens is 2. The molecule has 0 saturated carbocycles. The molecule has 0 spiro atoms. The molecule has 7 nitrogen and oxygen atoms in total. The third-order valence-electron chi connectivity index (χ3n) is 6.11. The van der Waals surface area contributed by atoms with Crippen molar-refractivity contribution in [3.63, 3.8) is 0 Å². The molecular weight excluding hydrogens is 437 g/mol. The quantitative estimate of drug-likeness (QED) is 0.486. The molecule has 0 amide bonds. The van der Waals surface area contributed by atoms with E-state index in [1.807, 2.05) is 35.1 Å². The molecule has 3 aromatic rings. The molecule has 1 aliphatic rings. The lowest BCUT2D eigenvalue weighted by Crippen LogP contribution is -2.37. The van der Waals surface area contributed by atoms with Crippen LogP contribution >= 0.6 is 0 Å². The Morgan fingerprint density at radius 1 is 1.03 bits per heavy atom. The largest absolute Gasteiger partial charge is 0.493 e. The maximum Gasteiger partial charge on any atom is 0.165 e. The van der Waals surface area contributed by atoms with Crippen LogP contribution in [0.15, 0.2) is 60.9 Å². The van der Waals surface area contributed by atoms with E-state index in [0.29, 0.717) is 37.5 Å². The molecule has 4 rings (SSSR count). The predicted octanol–water partition coefficient (Wildman–Crippen LogP) is 3.91. The number of nitrogens with zero attached hydrogens (tertiary/aromatic N) is 3. The highest BCUT2D eigenvalue weighted by Crippen LogP contribution is 2.30. The van der Waals surface area contributed by atoms with Gasteiger partial charge in [0.05, 0.1) is 19.3 Å². The van der Waals surface area contributed by atoms with Crippen LogP contribution in [0.5, 0.6) is 17.2 Å². The van der Waals surface area contributed by atoms with Crippen LogP contribution in [0.1, 0.15) is 24.8 Å². The van der Waals surface area contributed by atoms with Gasteiger partial charge in [-0.15, -0.1) is 0 Å². The molecule has 0 radical (unpaired) electrons. The lowest BCUT2D eigenvalue weighted by atomic mass is 9.96. The van der Waals surface area contributed by atoms with Crippen molar-refractivity contribution in [2.75, 3.05) is 33.4 Å². The minimum atomic E-state index is -0.974. The number of benzene rings is 2. The Morgan fingerprint density at radius 2 is 1.91 bits per heavy atom. The summed E-state index contributed by atoms with van der Waals surface area (Å²) >= 11 is 0. The first kappa shape index (κ1) is 24.0. The number of ether oxygens (including phenoxy) is 3. The Balaban J connectivity index is 1.32. The van der Waals surface area contributed by atoms with Crippen molar-refractivity contribution in [1.29, 1.82) is 0 Å². The zero-order valence-corrected chi connectivity index (χ0v) is 19.5. The van der Waals surface area contributed by atoms with Crippen molar-refractivity contribution in [2.45, 2.75) is 38.0 Å². The van der Waals surface area contributed by atoms with E-state index in [4.69, 9.17) is 14.2 Å². The summed E-state index contributed by atoms with van der Waals surface area (Å²) < 4.78 is 32.7. The van der Waals surface area contributed by atoms with Gasteiger partial charge in [0.1, 0.15) is 13.2 Å². The first-order chi connectivity index (χ1) is 16.5. The van der Waals surface area contributed by atoms with E-state index in [2.05, 4.69) is 10.00 Å². The van der Waals surface area contributed by atoms with Gasteiger partial charge >= 0.3 is 0 Å². The Bertz CT molecular complexity index is 1050. The van der Waals surface area contributed by atoms with Crippen molar-refractivity contribution in [2.24, 2.45) is 0 Å². The molecule has 182 valence electrons. The predicted molar refractivity (Wildman–Crippen MR) is 127 cm³/mol. The first-order valence-corrected chi connectivity index (χ1v) is 11.6. The maximum absolute atomic E-state index is 13.9. The molecule has 8 heteroatoms. The average Bonchev–Trinajstić information content (AvgIpc) is 3.29. The second kappa shape index (κ2) is 11.4. The van der Waals surface area contributed by atoms with E-state index in [0.717, 1.165) is 31.6 Å². The van der Waals surface area contributed by atoms with Gasteiger partial charge in [0.25, 0.3) is 0 Å². The van der Waals surface area contributed by atoms with Gasteiger partial charge in [-0.3, -0.25) is 9.58 Å². The van der Waals surface area contributed by atoms with Gasteiger partial charge in [0.2, 0.25) is 0 Å². The molecule has 2 aromatic carbocycles. The fourth-order valence-corrected chi connectivity index (χ4v) is 4.18. The van der Waals surface area contributed by atoms with Crippen LogP contribution in [-0.2, 0) is 13.1 Å². The van der Waals surface area contributed by atoms with Gasteiger partial charge in [0, 0.05) is 25.5 Å². The Hall–Kier alpha value is -3.10. The summed E-state index contributed by atoms with van der Waals surface area (Å²) in [5, 5.41) is 15.2. The molecule has 34 heavy (non-hydrogen) atoms. The SMILES string of the molecule is COc1ccc(CN2CCC[C@@](O)(COc3ccccc3F)CC2)cc1OCCn1cccn1. The first-order valence-electron chi connectivity index (χ1n) is 11.6. The third kappa shape index (κ3) is 6.48. The summed E-state index contributed by atoms with van der Waals surface area (Å²) in [6, 6.07) is 14.2. The standard InChI is InChI=1S/C26H32FN3O4/c1-32-24-9-8-21(18-25(24)33-17-16-30-14-5-12-28-30)19-29-13-4-10-26(31,11-15-29)20-34-23-7-3-2-6-22(23)27/h2-3,5-9,12,14,18,31H,4,10-11,13,15-17,19-20H2,1H3/t26-/m0/s1. The number of hydrogen-bond donors (Lipinski definition) is 1. The molecule has 0 bridgehead atoms. The molecule has 0 unspecified atom stereocenters. The number of likely N-dealkylation sites (tertiary alicyclic amines) is 1. The van der Waals surface area contributed by atoms with Crippen LogP contribution in [0.25, 0.3) is 0 Å². The zero-order chi connectivity index (χ0) is 23.8. The number of para-hydroxylation sites is 1. The smallest absolute Gasteiger partial charge is 0.165 e. The van der Waals surface area contributed by atoms with Crippen LogP contribution in [0, 0.1) is 5.82 Å². The minimum absolute atomic E-state index is 0.0819. The number of methoxy groups -OCH3 is 1.